The molecule has 7 nitrogen and oxygen atoms in total. The van der Waals surface area contributed by atoms with E-state index in [1.807, 2.05) is 25.1 Å². The molecular weight excluding hydrogens is 418 g/mol. The summed E-state index contributed by atoms with van der Waals surface area (Å²) in [6.45, 7) is 1.76. The Kier molecular flexibility index (Phi) is 4.91. The second kappa shape index (κ2) is 7.92. The van der Waals surface area contributed by atoms with E-state index < -0.39 is 17.4 Å². The molecule has 0 bridgehead atoms. The fourth-order valence-corrected chi connectivity index (χ4v) is 4.36. The number of nitrogens with one attached hydrogen (secondary N) is 1. The van der Waals surface area contributed by atoms with Crippen LogP contribution in [-0.4, -0.2) is 24.0 Å². The third kappa shape index (κ3) is 3.15. The lowest BCUT2D eigenvalue weighted by Crippen LogP contribution is -2.46. The number of fused-ring (bicyclic) bond motifs is 2. The molecule has 0 aromatic heterocycles. The van der Waals surface area contributed by atoms with Gasteiger partial charge in [-0.2, -0.15) is 5.26 Å². The van der Waals surface area contributed by atoms with Crippen LogP contribution in [0.1, 0.15) is 27.0 Å². The summed E-state index contributed by atoms with van der Waals surface area (Å²) in [7, 11) is 0. The number of rotatable bonds is 5. The number of carbonyl (C=O) groups is 2. The first-order valence-electron chi connectivity index (χ1n) is 10.4. The lowest BCUT2D eigenvalue weighted by atomic mass is 9.74. The molecule has 1 amide bonds. The predicted molar refractivity (Wildman–Crippen MR) is 121 cm³/mol. The lowest BCUT2D eigenvalue weighted by molar-refractivity contribution is -0.140. The van der Waals surface area contributed by atoms with E-state index in [-0.39, 0.29) is 18.1 Å². The van der Waals surface area contributed by atoms with Crippen molar-refractivity contribution in [1.82, 2.24) is 0 Å². The molecule has 1 N–H and O–H groups in total. The second-order valence-corrected chi connectivity index (χ2v) is 7.91. The van der Waals surface area contributed by atoms with Gasteiger partial charge in [0.1, 0.15) is 23.4 Å². The van der Waals surface area contributed by atoms with Crippen molar-refractivity contribution in [3.05, 3.63) is 95.1 Å². The van der Waals surface area contributed by atoms with Crippen molar-refractivity contribution in [3.63, 3.8) is 0 Å². The fraction of sp³-hybridized carbons (Fsp3) is 0.154. The second-order valence-electron chi connectivity index (χ2n) is 7.91. The molecule has 33 heavy (non-hydrogen) atoms. The Morgan fingerprint density at radius 1 is 1.12 bits per heavy atom. The first-order valence-corrected chi connectivity index (χ1v) is 10.4. The Bertz CT molecular complexity index is 1340. The molecule has 0 fully saturated rings. The Morgan fingerprint density at radius 2 is 1.85 bits per heavy atom. The summed E-state index contributed by atoms with van der Waals surface area (Å²) in [5, 5.41) is 16.1. The Hall–Kier alpha value is -4.44. The fourth-order valence-electron chi connectivity index (χ4n) is 4.36. The molecule has 3 aromatic carbocycles. The molecule has 162 valence electrons. The SMILES string of the molecule is Cc1ccc(C(=O)[C@@H]2C(c3ccccc3OCC#N)=NO[C@@]23C(=O)Nc2ccccc23)cc1. The highest BCUT2D eigenvalue weighted by molar-refractivity contribution is 6.25. The van der Waals surface area contributed by atoms with Gasteiger partial charge in [0.2, 0.25) is 0 Å². The van der Waals surface area contributed by atoms with Crippen molar-refractivity contribution in [2.75, 3.05) is 11.9 Å². The summed E-state index contributed by atoms with van der Waals surface area (Å²) >= 11 is 0. The number of carbonyl (C=O) groups excluding carboxylic acids is 2. The summed E-state index contributed by atoms with van der Waals surface area (Å²) in [5.74, 6) is -1.43. The molecule has 2 aliphatic heterocycles. The van der Waals surface area contributed by atoms with Crippen LogP contribution in [0.4, 0.5) is 5.69 Å². The quantitative estimate of drug-likeness (QED) is 0.609. The first kappa shape index (κ1) is 20.5. The minimum atomic E-state index is -1.64. The van der Waals surface area contributed by atoms with Gasteiger partial charge in [-0.3, -0.25) is 9.59 Å². The van der Waals surface area contributed by atoms with E-state index in [0.29, 0.717) is 28.1 Å². The number of amides is 1. The van der Waals surface area contributed by atoms with Crippen LogP contribution in [-0.2, 0) is 15.2 Å². The number of nitriles is 1. The Labute approximate surface area is 190 Å². The van der Waals surface area contributed by atoms with E-state index in [1.165, 1.54) is 0 Å². The van der Waals surface area contributed by atoms with Gasteiger partial charge in [-0.25, -0.2) is 0 Å². The average molecular weight is 437 g/mol. The van der Waals surface area contributed by atoms with Crippen LogP contribution in [0.3, 0.4) is 0 Å². The highest BCUT2D eigenvalue weighted by atomic mass is 16.7. The van der Waals surface area contributed by atoms with Crippen LogP contribution < -0.4 is 10.1 Å². The number of aryl methyl sites for hydroxylation is 1. The molecule has 2 atom stereocenters. The molecule has 3 aromatic rings. The summed E-state index contributed by atoms with van der Waals surface area (Å²) in [6, 6.07) is 23.2. The highest BCUT2D eigenvalue weighted by Crippen LogP contribution is 2.50. The molecule has 2 heterocycles. The zero-order chi connectivity index (χ0) is 23.0. The van der Waals surface area contributed by atoms with Crippen molar-refractivity contribution >= 4 is 23.1 Å². The van der Waals surface area contributed by atoms with Crippen LogP contribution in [0.25, 0.3) is 0 Å². The molecule has 0 saturated carbocycles. The summed E-state index contributed by atoms with van der Waals surface area (Å²) in [5.41, 5.74) is 1.71. The van der Waals surface area contributed by atoms with E-state index in [0.717, 1.165) is 5.56 Å². The number of Topliss-reactive ketones (excluding diaryl/α,β-unsaturated/α-hetero) is 1. The number of hydrogen-bond donors (Lipinski definition) is 1. The number of ketones is 1. The molecule has 5 rings (SSSR count). The number of nitrogens with zero attached hydrogens (tertiary/aromatic N) is 2. The molecule has 0 radical (unpaired) electrons. The van der Waals surface area contributed by atoms with Gasteiger partial charge >= 0.3 is 0 Å². The van der Waals surface area contributed by atoms with E-state index in [4.69, 9.17) is 14.8 Å². The summed E-state index contributed by atoms with van der Waals surface area (Å²) in [4.78, 5) is 33.2. The molecule has 1 spiro atoms. The van der Waals surface area contributed by atoms with E-state index in [9.17, 15) is 9.59 Å². The molecule has 0 unspecified atom stereocenters. The molecule has 7 heteroatoms. The van der Waals surface area contributed by atoms with E-state index in [1.54, 1.807) is 60.7 Å². The number of benzene rings is 3. The number of para-hydroxylation sites is 2. The van der Waals surface area contributed by atoms with Gasteiger partial charge in [0.05, 0.1) is 0 Å². The van der Waals surface area contributed by atoms with Crippen LogP contribution in [0.2, 0.25) is 0 Å². The highest BCUT2D eigenvalue weighted by Gasteiger charge is 2.63. The maximum atomic E-state index is 13.9. The first-order chi connectivity index (χ1) is 16.1. The van der Waals surface area contributed by atoms with Crippen LogP contribution in [0.15, 0.2) is 78.0 Å². The molecule has 0 saturated heterocycles. The summed E-state index contributed by atoms with van der Waals surface area (Å²) < 4.78 is 5.59. The monoisotopic (exact) mass is 437 g/mol. The third-order valence-electron chi connectivity index (χ3n) is 5.93. The van der Waals surface area contributed by atoms with E-state index >= 15 is 0 Å². The van der Waals surface area contributed by atoms with E-state index in [2.05, 4.69) is 10.5 Å². The maximum Gasteiger partial charge on any atom is 0.277 e. The Balaban J connectivity index is 1.69. The van der Waals surface area contributed by atoms with Gasteiger partial charge in [-0.15, -0.1) is 0 Å². The topological polar surface area (TPSA) is 101 Å². The van der Waals surface area contributed by atoms with Crippen molar-refractivity contribution in [1.29, 1.82) is 5.26 Å². The zero-order valence-electron chi connectivity index (χ0n) is 17.7. The Morgan fingerprint density at radius 3 is 2.64 bits per heavy atom. The minimum absolute atomic E-state index is 0.170. The van der Waals surface area contributed by atoms with Crippen molar-refractivity contribution in [2.45, 2.75) is 12.5 Å². The average Bonchev–Trinajstić information content (AvgIpc) is 3.37. The summed E-state index contributed by atoms with van der Waals surface area (Å²) in [6.07, 6.45) is 0. The number of oxime groups is 1. The molecular formula is C26H19N3O4. The lowest BCUT2D eigenvalue weighted by Gasteiger charge is -2.27. The van der Waals surface area contributed by atoms with Gasteiger partial charge in [0.15, 0.2) is 12.4 Å². The number of ether oxygens (including phenoxy) is 1. The van der Waals surface area contributed by atoms with Gasteiger partial charge in [0, 0.05) is 22.4 Å². The normalized spacial score (nSPS) is 20.4. The van der Waals surface area contributed by atoms with Crippen LogP contribution >= 0.6 is 0 Å². The standard InChI is InChI=1S/C26H19N3O4/c1-16-10-12-17(13-11-16)24(30)22-23(18-6-2-5-9-21(18)32-15-14-27)29-33-26(22)19-7-3-4-8-20(19)28-25(26)31/h2-13,22H,15H2,1H3,(H,28,31)/t22-,26+/m0/s1. The van der Waals surface area contributed by atoms with Gasteiger partial charge in [-0.1, -0.05) is 65.3 Å². The minimum Gasteiger partial charge on any atom is -0.478 e. The molecule has 2 aliphatic rings. The van der Waals surface area contributed by atoms with Crippen molar-refractivity contribution in [3.8, 4) is 11.8 Å². The van der Waals surface area contributed by atoms with Crippen LogP contribution in [0.5, 0.6) is 5.75 Å². The molecule has 0 aliphatic carbocycles. The number of anilines is 1. The number of hydrogen-bond acceptors (Lipinski definition) is 6. The van der Waals surface area contributed by atoms with Crippen molar-refractivity contribution in [2.24, 2.45) is 11.1 Å². The largest absolute Gasteiger partial charge is 0.478 e. The predicted octanol–water partition coefficient (Wildman–Crippen LogP) is 3.98. The van der Waals surface area contributed by atoms with Gasteiger partial charge in [-0.05, 0) is 25.1 Å². The third-order valence-corrected chi connectivity index (χ3v) is 5.93. The van der Waals surface area contributed by atoms with Crippen molar-refractivity contribution < 1.29 is 19.2 Å². The zero-order valence-corrected chi connectivity index (χ0v) is 17.7. The van der Waals surface area contributed by atoms with Gasteiger partial charge < -0.3 is 14.9 Å². The smallest absolute Gasteiger partial charge is 0.277 e. The van der Waals surface area contributed by atoms with Crippen LogP contribution in [0, 0.1) is 24.2 Å². The van der Waals surface area contributed by atoms with Gasteiger partial charge in [0.25, 0.3) is 11.5 Å². The maximum absolute atomic E-state index is 13.9.